The molecule has 0 spiro atoms. The summed E-state index contributed by atoms with van der Waals surface area (Å²) in [5.74, 6) is -1.06. The van der Waals surface area contributed by atoms with E-state index in [1.165, 1.54) is 0 Å². The quantitative estimate of drug-likeness (QED) is 0.677. The van der Waals surface area contributed by atoms with Crippen molar-refractivity contribution < 1.29 is 19.4 Å². The second kappa shape index (κ2) is 3.87. The topological polar surface area (TPSA) is 55.8 Å². The molecule has 1 saturated carbocycles. The molecule has 12 heavy (non-hydrogen) atoms. The standard InChI is InChI=1S/C8H14O4/c1-11-6-3-5(8(9)10)4-7(6)12-2/h5-7H,3-4H2,1-2H3,(H,9,10)/t6-,7-/m0/s1. The fourth-order valence-electron chi connectivity index (χ4n) is 1.66. The van der Waals surface area contributed by atoms with Crippen LogP contribution in [0.5, 0.6) is 0 Å². The third kappa shape index (κ3) is 1.76. The highest BCUT2D eigenvalue weighted by Crippen LogP contribution is 2.29. The first kappa shape index (κ1) is 9.48. The van der Waals surface area contributed by atoms with Gasteiger partial charge in [-0.15, -0.1) is 0 Å². The molecule has 1 rings (SSSR count). The zero-order chi connectivity index (χ0) is 9.14. The number of hydrogen-bond acceptors (Lipinski definition) is 3. The van der Waals surface area contributed by atoms with Crippen LogP contribution in [0.15, 0.2) is 0 Å². The van der Waals surface area contributed by atoms with Crippen LogP contribution in [0.2, 0.25) is 0 Å². The summed E-state index contributed by atoms with van der Waals surface area (Å²) in [5, 5.41) is 8.73. The average molecular weight is 174 g/mol. The van der Waals surface area contributed by atoms with Crippen molar-refractivity contribution >= 4 is 5.97 Å². The molecule has 0 bridgehead atoms. The van der Waals surface area contributed by atoms with E-state index in [9.17, 15) is 4.79 Å². The molecule has 0 radical (unpaired) electrons. The van der Waals surface area contributed by atoms with Crippen molar-refractivity contribution in [2.24, 2.45) is 5.92 Å². The molecule has 0 amide bonds. The number of hydrogen-bond donors (Lipinski definition) is 1. The summed E-state index contributed by atoms with van der Waals surface area (Å²) in [5.41, 5.74) is 0. The van der Waals surface area contributed by atoms with Crippen molar-refractivity contribution in [3.05, 3.63) is 0 Å². The van der Waals surface area contributed by atoms with Crippen LogP contribution in [0, 0.1) is 5.92 Å². The van der Waals surface area contributed by atoms with Crippen LogP contribution in [0.1, 0.15) is 12.8 Å². The van der Waals surface area contributed by atoms with Crippen molar-refractivity contribution in [1.29, 1.82) is 0 Å². The Morgan fingerprint density at radius 3 is 1.92 bits per heavy atom. The summed E-state index contributed by atoms with van der Waals surface area (Å²) in [6.07, 6.45) is 1.00. The lowest BCUT2D eigenvalue weighted by atomic mass is 10.1. The largest absolute Gasteiger partial charge is 0.481 e. The molecule has 1 N–H and O–H groups in total. The number of aliphatic carboxylic acids is 1. The Labute approximate surface area is 71.5 Å². The Morgan fingerprint density at radius 2 is 1.67 bits per heavy atom. The van der Waals surface area contributed by atoms with Crippen LogP contribution in [-0.4, -0.2) is 37.5 Å². The van der Waals surface area contributed by atoms with Crippen molar-refractivity contribution in [1.82, 2.24) is 0 Å². The van der Waals surface area contributed by atoms with Gasteiger partial charge >= 0.3 is 5.97 Å². The van der Waals surface area contributed by atoms with Gasteiger partial charge in [-0.25, -0.2) is 0 Å². The Kier molecular flexibility index (Phi) is 3.05. The van der Waals surface area contributed by atoms with E-state index >= 15 is 0 Å². The normalized spacial score (nSPS) is 30.8. The monoisotopic (exact) mass is 174 g/mol. The van der Waals surface area contributed by atoms with Gasteiger partial charge in [-0.3, -0.25) is 4.79 Å². The van der Waals surface area contributed by atoms with Gasteiger partial charge in [0.15, 0.2) is 0 Å². The van der Waals surface area contributed by atoms with E-state index in [1.807, 2.05) is 0 Å². The van der Waals surface area contributed by atoms with Crippen LogP contribution in [0.4, 0.5) is 0 Å². The van der Waals surface area contributed by atoms with Crippen LogP contribution >= 0.6 is 0 Å². The first-order chi connectivity index (χ1) is 5.69. The Bertz CT molecular complexity index is 156. The first-order valence-corrected chi connectivity index (χ1v) is 3.97. The van der Waals surface area contributed by atoms with Crippen molar-refractivity contribution in [2.45, 2.75) is 25.0 Å². The van der Waals surface area contributed by atoms with Crippen molar-refractivity contribution in [3.63, 3.8) is 0 Å². The summed E-state index contributed by atoms with van der Waals surface area (Å²) in [4.78, 5) is 10.6. The van der Waals surface area contributed by atoms with E-state index in [0.717, 1.165) is 0 Å². The predicted molar refractivity (Wildman–Crippen MR) is 42.0 cm³/mol. The van der Waals surface area contributed by atoms with Gasteiger partial charge in [-0.1, -0.05) is 0 Å². The second-order valence-corrected chi connectivity index (χ2v) is 3.05. The van der Waals surface area contributed by atoms with Crippen LogP contribution in [-0.2, 0) is 14.3 Å². The number of carboxylic acid groups (broad SMARTS) is 1. The van der Waals surface area contributed by atoms with Crippen LogP contribution in [0.3, 0.4) is 0 Å². The summed E-state index contributed by atoms with van der Waals surface area (Å²) in [6, 6.07) is 0. The van der Waals surface area contributed by atoms with Crippen molar-refractivity contribution in [2.75, 3.05) is 14.2 Å². The van der Waals surface area contributed by atoms with E-state index in [0.29, 0.717) is 12.8 Å². The minimum atomic E-state index is -0.753. The molecule has 2 atom stereocenters. The average Bonchev–Trinajstić information content (AvgIpc) is 2.46. The minimum absolute atomic E-state index is 0.0592. The number of rotatable bonds is 3. The maximum absolute atomic E-state index is 10.6. The van der Waals surface area contributed by atoms with E-state index in [-0.39, 0.29) is 18.1 Å². The second-order valence-electron chi connectivity index (χ2n) is 3.05. The molecule has 0 heterocycles. The lowest BCUT2D eigenvalue weighted by Gasteiger charge is -2.15. The molecule has 4 nitrogen and oxygen atoms in total. The minimum Gasteiger partial charge on any atom is -0.481 e. The molecule has 0 aromatic carbocycles. The predicted octanol–water partition coefficient (Wildman–Crippen LogP) is 0.511. The Balaban J connectivity index is 2.53. The Hall–Kier alpha value is -0.610. The van der Waals surface area contributed by atoms with E-state index in [1.54, 1.807) is 14.2 Å². The van der Waals surface area contributed by atoms with E-state index in [4.69, 9.17) is 14.6 Å². The van der Waals surface area contributed by atoms with E-state index in [2.05, 4.69) is 0 Å². The SMILES string of the molecule is CO[C@H]1CC(C(=O)O)C[C@@H]1OC. The summed E-state index contributed by atoms with van der Waals surface area (Å²) < 4.78 is 10.2. The maximum atomic E-state index is 10.6. The highest BCUT2D eigenvalue weighted by atomic mass is 16.5. The van der Waals surface area contributed by atoms with Gasteiger partial charge in [0.1, 0.15) is 0 Å². The van der Waals surface area contributed by atoms with Gasteiger partial charge in [0, 0.05) is 14.2 Å². The van der Waals surface area contributed by atoms with Gasteiger partial charge in [0.25, 0.3) is 0 Å². The van der Waals surface area contributed by atoms with Crippen LogP contribution in [0.25, 0.3) is 0 Å². The molecule has 0 unspecified atom stereocenters. The fourth-order valence-corrected chi connectivity index (χ4v) is 1.66. The molecule has 1 fully saturated rings. The molecule has 1 aliphatic carbocycles. The fraction of sp³-hybridized carbons (Fsp3) is 0.875. The maximum Gasteiger partial charge on any atom is 0.306 e. The molecular weight excluding hydrogens is 160 g/mol. The molecule has 0 aromatic heterocycles. The zero-order valence-electron chi connectivity index (χ0n) is 7.32. The van der Waals surface area contributed by atoms with Crippen LogP contribution < -0.4 is 0 Å². The molecular formula is C8H14O4. The number of methoxy groups -OCH3 is 2. The highest BCUT2D eigenvalue weighted by Gasteiger charge is 2.38. The molecule has 70 valence electrons. The molecule has 4 heteroatoms. The third-order valence-electron chi connectivity index (χ3n) is 2.40. The van der Waals surface area contributed by atoms with Crippen molar-refractivity contribution in [3.8, 4) is 0 Å². The molecule has 1 aliphatic rings. The lowest BCUT2D eigenvalue weighted by Crippen LogP contribution is -2.23. The zero-order valence-corrected chi connectivity index (χ0v) is 7.32. The van der Waals surface area contributed by atoms with Gasteiger partial charge in [-0.05, 0) is 12.8 Å². The van der Waals surface area contributed by atoms with Gasteiger partial charge in [0.05, 0.1) is 18.1 Å². The molecule has 0 saturated heterocycles. The molecule has 0 aromatic rings. The molecule has 0 aliphatic heterocycles. The number of ether oxygens (including phenoxy) is 2. The summed E-state index contributed by atoms with van der Waals surface area (Å²) in [7, 11) is 3.17. The summed E-state index contributed by atoms with van der Waals surface area (Å²) in [6.45, 7) is 0. The van der Waals surface area contributed by atoms with Gasteiger partial charge in [-0.2, -0.15) is 0 Å². The van der Waals surface area contributed by atoms with Gasteiger partial charge in [0.2, 0.25) is 0 Å². The van der Waals surface area contributed by atoms with Gasteiger partial charge < -0.3 is 14.6 Å². The van der Waals surface area contributed by atoms with E-state index < -0.39 is 5.97 Å². The first-order valence-electron chi connectivity index (χ1n) is 3.97. The summed E-state index contributed by atoms with van der Waals surface area (Å²) >= 11 is 0. The highest BCUT2D eigenvalue weighted by molar-refractivity contribution is 5.70. The Morgan fingerprint density at radius 1 is 1.25 bits per heavy atom. The lowest BCUT2D eigenvalue weighted by molar-refractivity contribution is -0.141. The smallest absolute Gasteiger partial charge is 0.306 e. The number of carbonyl (C=O) groups is 1. The third-order valence-corrected chi connectivity index (χ3v) is 2.40. The number of carboxylic acids is 1.